The van der Waals surface area contributed by atoms with Crippen LogP contribution < -0.4 is 5.32 Å². The van der Waals surface area contributed by atoms with Gasteiger partial charge in [-0.15, -0.1) is 0 Å². The molecule has 0 amide bonds. The number of benzene rings is 1. The molecule has 3 heteroatoms. The van der Waals surface area contributed by atoms with Gasteiger partial charge in [-0.25, -0.2) is 0 Å². The van der Waals surface area contributed by atoms with Crippen molar-refractivity contribution in [3.8, 4) is 0 Å². The van der Waals surface area contributed by atoms with Crippen LogP contribution in [0.15, 0.2) is 30.3 Å². The van der Waals surface area contributed by atoms with E-state index in [9.17, 15) is 4.21 Å². The lowest BCUT2D eigenvalue weighted by Gasteiger charge is -2.35. The monoisotopic (exact) mass is 279 g/mol. The summed E-state index contributed by atoms with van der Waals surface area (Å²) in [6, 6.07) is 10.6. The molecule has 1 aliphatic carbocycles. The van der Waals surface area contributed by atoms with Crippen molar-refractivity contribution < 1.29 is 4.21 Å². The molecule has 0 aliphatic heterocycles. The largest absolute Gasteiger partial charge is 0.316 e. The van der Waals surface area contributed by atoms with Gasteiger partial charge < -0.3 is 5.32 Å². The van der Waals surface area contributed by atoms with Crippen LogP contribution in [0.1, 0.15) is 38.2 Å². The first kappa shape index (κ1) is 14.7. The molecule has 1 fully saturated rings. The van der Waals surface area contributed by atoms with Crippen LogP contribution in [0.4, 0.5) is 0 Å². The average Bonchev–Trinajstić information content (AvgIpc) is 2.47. The van der Waals surface area contributed by atoms with Crippen LogP contribution in [-0.4, -0.2) is 22.5 Å². The molecular formula is C16H25NOS. The summed E-state index contributed by atoms with van der Waals surface area (Å²) >= 11 is 0. The van der Waals surface area contributed by atoms with Crippen LogP contribution in [-0.2, 0) is 16.6 Å². The first-order chi connectivity index (χ1) is 9.24. The molecule has 1 N–H and O–H groups in total. The smallest absolute Gasteiger partial charge is 0.0507 e. The van der Waals surface area contributed by atoms with Gasteiger partial charge in [-0.05, 0) is 37.8 Å². The maximum atomic E-state index is 12.7. The lowest BCUT2D eigenvalue weighted by atomic mass is 9.84. The first-order valence-corrected chi connectivity index (χ1v) is 8.71. The number of hydrogen-bond acceptors (Lipinski definition) is 2. The summed E-state index contributed by atoms with van der Waals surface area (Å²) in [5.41, 5.74) is 1.19. The predicted octanol–water partition coefficient (Wildman–Crippen LogP) is 3.10. The van der Waals surface area contributed by atoms with Crippen LogP contribution in [0.5, 0.6) is 0 Å². The van der Waals surface area contributed by atoms with Crippen molar-refractivity contribution in [3.63, 3.8) is 0 Å². The van der Waals surface area contributed by atoms with Crippen LogP contribution in [0, 0.1) is 5.92 Å². The Kier molecular flexibility index (Phi) is 5.59. The highest BCUT2D eigenvalue weighted by Crippen LogP contribution is 2.30. The number of nitrogens with one attached hydrogen (secondary N) is 1. The van der Waals surface area contributed by atoms with Crippen molar-refractivity contribution in [1.82, 2.24) is 5.32 Å². The normalized spacial score (nSPS) is 29.1. The molecule has 19 heavy (non-hydrogen) atoms. The summed E-state index contributed by atoms with van der Waals surface area (Å²) in [6.07, 6.45) is 4.78. The topological polar surface area (TPSA) is 29.1 Å². The molecule has 106 valence electrons. The Bertz CT molecular complexity index is 406. The molecule has 1 aromatic rings. The van der Waals surface area contributed by atoms with E-state index < -0.39 is 10.8 Å². The Balaban J connectivity index is 2.02. The van der Waals surface area contributed by atoms with Crippen LogP contribution in [0.2, 0.25) is 0 Å². The van der Waals surface area contributed by atoms with E-state index in [0.29, 0.717) is 17.0 Å². The molecule has 2 rings (SSSR count). The Morgan fingerprint density at radius 1 is 1.26 bits per heavy atom. The second-order valence-electron chi connectivity index (χ2n) is 5.53. The maximum Gasteiger partial charge on any atom is 0.0507 e. The van der Waals surface area contributed by atoms with Gasteiger partial charge in [0.15, 0.2) is 0 Å². The predicted molar refractivity (Wildman–Crippen MR) is 82.6 cm³/mol. The van der Waals surface area contributed by atoms with Gasteiger partial charge in [0.25, 0.3) is 0 Å². The summed E-state index contributed by atoms with van der Waals surface area (Å²) in [5, 5.41) is 3.68. The quantitative estimate of drug-likeness (QED) is 0.897. The molecule has 1 aliphatic rings. The van der Waals surface area contributed by atoms with Gasteiger partial charge in [0.05, 0.1) is 5.25 Å². The second-order valence-corrected chi connectivity index (χ2v) is 7.19. The molecule has 0 bridgehead atoms. The van der Waals surface area contributed by atoms with E-state index in [1.54, 1.807) is 0 Å². The Morgan fingerprint density at radius 3 is 2.63 bits per heavy atom. The molecule has 2 nitrogen and oxygen atoms in total. The van der Waals surface area contributed by atoms with Crippen molar-refractivity contribution in [2.75, 3.05) is 7.05 Å². The SMILES string of the molecule is CCC1CCC(NC)C(S(=O)Cc2ccccc2)C1. The molecule has 4 unspecified atom stereocenters. The summed E-state index contributed by atoms with van der Waals surface area (Å²) in [7, 11) is 1.23. The van der Waals surface area contributed by atoms with Crippen LogP contribution in [0.3, 0.4) is 0 Å². The molecule has 0 spiro atoms. The Morgan fingerprint density at radius 2 is 2.00 bits per heavy atom. The summed E-state index contributed by atoms with van der Waals surface area (Å²) < 4.78 is 12.7. The highest BCUT2D eigenvalue weighted by Gasteiger charge is 2.32. The molecule has 0 aromatic heterocycles. The minimum atomic E-state index is -0.772. The Hall–Kier alpha value is -0.670. The van der Waals surface area contributed by atoms with Crippen molar-refractivity contribution in [1.29, 1.82) is 0 Å². The number of rotatable bonds is 5. The molecule has 1 aromatic carbocycles. The maximum absolute atomic E-state index is 12.7. The van der Waals surface area contributed by atoms with Gasteiger partial charge in [0.2, 0.25) is 0 Å². The van der Waals surface area contributed by atoms with E-state index in [2.05, 4.69) is 24.4 Å². The van der Waals surface area contributed by atoms with Gasteiger partial charge in [-0.3, -0.25) is 4.21 Å². The van der Waals surface area contributed by atoms with E-state index in [1.165, 1.54) is 24.8 Å². The summed E-state index contributed by atoms with van der Waals surface area (Å²) in [5.74, 6) is 1.45. The molecule has 1 saturated carbocycles. The van der Waals surface area contributed by atoms with Gasteiger partial charge in [-0.1, -0.05) is 43.7 Å². The van der Waals surface area contributed by atoms with Gasteiger partial charge >= 0.3 is 0 Å². The average molecular weight is 279 g/mol. The van der Waals surface area contributed by atoms with Crippen molar-refractivity contribution >= 4 is 10.8 Å². The third-order valence-corrected chi connectivity index (χ3v) is 6.15. The summed E-state index contributed by atoms with van der Waals surface area (Å²) in [4.78, 5) is 0. The first-order valence-electron chi connectivity index (χ1n) is 7.33. The highest BCUT2D eigenvalue weighted by molar-refractivity contribution is 7.84. The van der Waals surface area contributed by atoms with Crippen LogP contribution in [0.25, 0.3) is 0 Å². The minimum Gasteiger partial charge on any atom is -0.316 e. The molecular weight excluding hydrogens is 254 g/mol. The Labute approximate surface area is 119 Å². The molecule has 4 atom stereocenters. The summed E-state index contributed by atoms with van der Waals surface area (Å²) in [6.45, 7) is 2.25. The minimum absolute atomic E-state index is 0.309. The third kappa shape index (κ3) is 3.90. The molecule has 0 heterocycles. The molecule has 0 saturated heterocycles. The fourth-order valence-corrected chi connectivity index (χ4v) is 4.91. The standard InChI is InChI=1S/C16H25NOS/c1-3-13-9-10-15(17-2)16(11-13)19(18)12-14-7-5-4-6-8-14/h4-8,13,15-17H,3,9-12H2,1-2H3. The third-order valence-electron chi connectivity index (χ3n) is 4.34. The lowest BCUT2D eigenvalue weighted by molar-refractivity contribution is 0.301. The van der Waals surface area contributed by atoms with Gasteiger partial charge in [0.1, 0.15) is 0 Å². The van der Waals surface area contributed by atoms with Crippen molar-refractivity contribution in [3.05, 3.63) is 35.9 Å². The second kappa shape index (κ2) is 7.20. The zero-order valence-electron chi connectivity index (χ0n) is 12.0. The fraction of sp³-hybridized carbons (Fsp3) is 0.625. The van der Waals surface area contributed by atoms with Crippen molar-refractivity contribution in [2.24, 2.45) is 5.92 Å². The zero-order chi connectivity index (χ0) is 13.7. The molecule has 0 radical (unpaired) electrons. The van der Waals surface area contributed by atoms with E-state index in [1.807, 2.05) is 25.2 Å². The van der Waals surface area contributed by atoms with E-state index in [0.717, 1.165) is 12.3 Å². The van der Waals surface area contributed by atoms with E-state index >= 15 is 0 Å². The fourth-order valence-electron chi connectivity index (χ4n) is 3.05. The van der Waals surface area contributed by atoms with Crippen LogP contribution >= 0.6 is 0 Å². The van der Waals surface area contributed by atoms with Gasteiger partial charge in [0, 0.05) is 22.6 Å². The van der Waals surface area contributed by atoms with Crippen molar-refractivity contribution in [2.45, 2.75) is 49.7 Å². The van der Waals surface area contributed by atoms with Gasteiger partial charge in [-0.2, -0.15) is 0 Å². The highest BCUT2D eigenvalue weighted by atomic mass is 32.2. The van der Waals surface area contributed by atoms with E-state index in [4.69, 9.17) is 0 Å². The number of hydrogen-bond donors (Lipinski definition) is 1. The van der Waals surface area contributed by atoms with E-state index in [-0.39, 0.29) is 0 Å². The zero-order valence-corrected chi connectivity index (χ0v) is 12.8. The lowest BCUT2D eigenvalue weighted by Crippen LogP contribution is -2.45.